The van der Waals surface area contributed by atoms with Crippen LogP contribution >= 0.6 is 27.3 Å². The van der Waals surface area contributed by atoms with E-state index in [0.29, 0.717) is 5.56 Å². The third kappa shape index (κ3) is 2.73. The van der Waals surface area contributed by atoms with Crippen molar-refractivity contribution in [2.45, 2.75) is 6.04 Å². The summed E-state index contributed by atoms with van der Waals surface area (Å²) in [5.41, 5.74) is 0.310. The second-order valence-electron chi connectivity index (χ2n) is 4.70. The Morgan fingerprint density at radius 2 is 1.86 bits per heavy atom. The molecule has 1 N–H and O–H groups in total. The number of thiophene rings is 1. The summed E-state index contributed by atoms with van der Waals surface area (Å²) in [6, 6.07) is 12.0. The molecule has 0 amide bonds. The van der Waals surface area contributed by atoms with Crippen LogP contribution in [0.1, 0.15) is 16.5 Å². The van der Waals surface area contributed by atoms with Gasteiger partial charge in [0.25, 0.3) is 0 Å². The fourth-order valence-corrected chi connectivity index (χ4v) is 3.86. The topological polar surface area (TPSA) is 12.0 Å². The van der Waals surface area contributed by atoms with Gasteiger partial charge in [-0.15, -0.1) is 11.3 Å². The molecule has 1 nitrogen and oxygen atoms in total. The Morgan fingerprint density at radius 1 is 1.10 bits per heavy atom. The van der Waals surface area contributed by atoms with Gasteiger partial charge in [-0.25, -0.2) is 8.78 Å². The Hall–Kier alpha value is -1.30. The molecule has 5 heteroatoms. The minimum absolute atomic E-state index is 0.134. The van der Waals surface area contributed by atoms with Crippen LogP contribution < -0.4 is 5.32 Å². The number of rotatable bonds is 3. The van der Waals surface area contributed by atoms with Crippen LogP contribution in [0.3, 0.4) is 0 Å². The Morgan fingerprint density at radius 3 is 2.57 bits per heavy atom. The molecule has 3 aromatic rings. The summed E-state index contributed by atoms with van der Waals surface area (Å²) >= 11 is 4.58. The molecule has 0 bridgehead atoms. The summed E-state index contributed by atoms with van der Waals surface area (Å²) in [4.78, 5) is 0.958. The maximum atomic E-state index is 14.2. The van der Waals surface area contributed by atoms with E-state index in [9.17, 15) is 8.78 Å². The minimum Gasteiger partial charge on any atom is -0.309 e. The van der Waals surface area contributed by atoms with Gasteiger partial charge in [0.2, 0.25) is 0 Å². The van der Waals surface area contributed by atoms with Gasteiger partial charge in [0.1, 0.15) is 11.6 Å². The van der Waals surface area contributed by atoms with E-state index in [4.69, 9.17) is 0 Å². The van der Waals surface area contributed by atoms with E-state index in [2.05, 4.69) is 21.2 Å². The first-order valence-electron chi connectivity index (χ1n) is 6.40. The average Bonchev–Trinajstić information content (AvgIpc) is 2.88. The summed E-state index contributed by atoms with van der Waals surface area (Å²) in [5.74, 6) is -0.896. The molecule has 0 saturated heterocycles. The fraction of sp³-hybridized carbons (Fsp3) is 0.125. The fourth-order valence-electron chi connectivity index (χ4n) is 2.35. The standard InChI is InChI=1S/C16H12BrF2NS/c1-20-16(10-7-13(19)11(17)8-12(10)18)15-6-9-4-2-3-5-14(9)21-15/h2-8,16,20H,1H3. The van der Waals surface area contributed by atoms with Crippen LogP contribution in [0.4, 0.5) is 8.78 Å². The molecule has 0 spiro atoms. The summed E-state index contributed by atoms with van der Waals surface area (Å²) in [7, 11) is 1.74. The van der Waals surface area contributed by atoms with Crippen molar-refractivity contribution in [1.82, 2.24) is 5.32 Å². The first-order chi connectivity index (χ1) is 10.1. The van der Waals surface area contributed by atoms with Crippen LogP contribution in [0.25, 0.3) is 10.1 Å². The van der Waals surface area contributed by atoms with Crippen LogP contribution in [0.2, 0.25) is 0 Å². The number of fused-ring (bicyclic) bond motifs is 1. The maximum absolute atomic E-state index is 14.2. The predicted octanol–water partition coefficient (Wildman–Crippen LogP) is 5.25. The third-order valence-corrected chi connectivity index (χ3v) is 5.16. The zero-order valence-electron chi connectivity index (χ0n) is 11.2. The highest BCUT2D eigenvalue weighted by Gasteiger charge is 2.20. The zero-order chi connectivity index (χ0) is 15.0. The van der Waals surface area contributed by atoms with Gasteiger partial charge < -0.3 is 5.32 Å². The molecule has 3 rings (SSSR count). The number of hydrogen-bond acceptors (Lipinski definition) is 2. The molecular weight excluding hydrogens is 356 g/mol. The molecule has 1 atom stereocenters. The second kappa shape index (κ2) is 5.83. The molecular formula is C16H12BrF2NS. The molecule has 1 heterocycles. The van der Waals surface area contributed by atoms with E-state index in [1.54, 1.807) is 18.4 Å². The number of halogens is 3. The number of hydrogen-bond donors (Lipinski definition) is 1. The molecule has 0 aliphatic carbocycles. The van der Waals surface area contributed by atoms with Crippen LogP contribution in [-0.4, -0.2) is 7.05 Å². The summed E-state index contributed by atoms with van der Waals surface area (Å²) in [5, 5.41) is 4.18. The van der Waals surface area contributed by atoms with Crippen molar-refractivity contribution in [3.05, 3.63) is 69.0 Å². The molecule has 0 fully saturated rings. The summed E-state index contributed by atoms with van der Waals surface area (Å²) < 4.78 is 29.2. The highest BCUT2D eigenvalue weighted by Crippen LogP contribution is 2.35. The SMILES string of the molecule is CNC(c1cc2ccccc2s1)c1cc(F)c(Br)cc1F. The van der Waals surface area contributed by atoms with E-state index in [1.807, 2.05) is 30.3 Å². The quantitative estimate of drug-likeness (QED) is 0.623. The lowest BCUT2D eigenvalue weighted by atomic mass is 10.0. The van der Waals surface area contributed by atoms with Crippen LogP contribution in [0.5, 0.6) is 0 Å². The van der Waals surface area contributed by atoms with E-state index in [-0.39, 0.29) is 10.5 Å². The lowest BCUT2D eigenvalue weighted by Gasteiger charge is -2.16. The molecule has 0 aliphatic heterocycles. The van der Waals surface area contributed by atoms with Crippen LogP contribution in [0.15, 0.2) is 46.9 Å². The molecule has 1 unspecified atom stereocenters. The van der Waals surface area contributed by atoms with Crippen molar-refractivity contribution in [1.29, 1.82) is 0 Å². The monoisotopic (exact) mass is 367 g/mol. The first kappa shape index (κ1) is 14.6. The molecule has 0 aliphatic rings. The Labute approximate surface area is 133 Å². The summed E-state index contributed by atoms with van der Waals surface area (Å²) in [6.45, 7) is 0. The highest BCUT2D eigenvalue weighted by molar-refractivity contribution is 9.10. The van der Waals surface area contributed by atoms with Crippen molar-refractivity contribution < 1.29 is 8.78 Å². The Balaban J connectivity index is 2.11. The van der Waals surface area contributed by atoms with E-state index < -0.39 is 11.6 Å². The number of benzene rings is 2. The third-order valence-electron chi connectivity index (χ3n) is 3.37. The minimum atomic E-state index is -0.465. The van der Waals surface area contributed by atoms with E-state index in [1.165, 1.54) is 12.1 Å². The van der Waals surface area contributed by atoms with Gasteiger partial charge in [-0.2, -0.15) is 0 Å². The lowest BCUT2D eigenvalue weighted by molar-refractivity contribution is 0.557. The molecule has 1 aromatic heterocycles. The Kier molecular flexibility index (Phi) is 4.06. The van der Waals surface area contributed by atoms with Gasteiger partial charge in [0.15, 0.2) is 0 Å². The van der Waals surface area contributed by atoms with Gasteiger partial charge in [-0.3, -0.25) is 0 Å². The second-order valence-corrected chi connectivity index (χ2v) is 6.67. The van der Waals surface area contributed by atoms with Crippen molar-refractivity contribution in [2.75, 3.05) is 7.05 Å². The van der Waals surface area contributed by atoms with E-state index >= 15 is 0 Å². The van der Waals surface area contributed by atoms with Gasteiger partial charge in [-0.05, 0) is 52.6 Å². The largest absolute Gasteiger partial charge is 0.309 e. The molecule has 0 saturated carbocycles. The highest BCUT2D eigenvalue weighted by atomic mass is 79.9. The van der Waals surface area contributed by atoms with Crippen LogP contribution in [0, 0.1) is 11.6 Å². The van der Waals surface area contributed by atoms with E-state index in [0.717, 1.165) is 15.0 Å². The molecule has 2 aromatic carbocycles. The smallest absolute Gasteiger partial charge is 0.137 e. The molecule has 108 valence electrons. The van der Waals surface area contributed by atoms with Crippen molar-refractivity contribution in [3.8, 4) is 0 Å². The van der Waals surface area contributed by atoms with Crippen molar-refractivity contribution in [2.24, 2.45) is 0 Å². The maximum Gasteiger partial charge on any atom is 0.137 e. The number of nitrogens with one attached hydrogen (secondary N) is 1. The summed E-state index contributed by atoms with van der Waals surface area (Å²) in [6.07, 6.45) is 0. The average molecular weight is 368 g/mol. The van der Waals surface area contributed by atoms with Gasteiger partial charge >= 0.3 is 0 Å². The van der Waals surface area contributed by atoms with Gasteiger partial charge in [0, 0.05) is 15.1 Å². The molecule has 0 radical (unpaired) electrons. The van der Waals surface area contributed by atoms with Crippen molar-refractivity contribution in [3.63, 3.8) is 0 Å². The van der Waals surface area contributed by atoms with Crippen LogP contribution in [-0.2, 0) is 0 Å². The zero-order valence-corrected chi connectivity index (χ0v) is 13.6. The van der Waals surface area contributed by atoms with Gasteiger partial charge in [-0.1, -0.05) is 18.2 Å². The molecule has 21 heavy (non-hydrogen) atoms. The van der Waals surface area contributed by atoms with Gasteiger partial charge in [0.05, 0.1) is 10.5 Å². The normalized spacial score (nSPS) is 12.8. The Bertz CT molecular complexity index is 767. The predicted molar refractivity (Wildman–Crippen MR) is 86.8 cm³/mol. The van der Waals surface area contributed by atoms with Crippen molar-refractivity contribution >= 4 is 37.4 Å². The lowest BCUT2D eigenvalue weighted by Crippen LogP contribution is -2.18. The first-order valence-corrected chi connectivity index (χ1v) is 8.01.